The maximum atomic E-state index is 11.0. The van der Waals surface area contributed by atoms with E-state index in [1.165, 1.54) is 18.7 Å². The van der Waals surface area contributed by atoms with Crippen LogP contribution < -0.4 is 0 Å². The van der Waals surface area contributed by atoms with E-state index in [9.17, 15) is 4.79 Å². The van der Waals surface area contributed by atoms with Crippen molar-refractivity contribution in [3.8, 4) is 0 Å². The van der Waals surface area contributed by atoms with Crippen LogP contribution >= 0.6 is 11.8 Å². The molecule has 0 aromatic heterocycles. The van der Waals surface area contributed by atoms with E-state index in [1.54, 1.807) is 0 Å². The first-order chi connectivity index (χ1) is 10.2. The van der Waals surface area contributed by atoms with E-state index < -0.39 is 0 Å². The summed E-state index contributed by atoms with van der Waals surface area (Å²) < 4.78 is 22.5. The minimum absolute atomic E-state index is 0.0792. The predicted molar refractivity (Wildman–Crippen MR) is 76.8 cm³/mol. The van der Waals surface area contributed by atoms with Gasteiger partial charge in [0.25, 0.3) is 0 Å². The molecule has 0 N–H and O–H groups in total. The molecule has 4 atom stereocenters. The van der Waals surface area contributed by atoms with Crippen LogP contribution in [0, 0.1) is 0 Å². The van der Waals surface area contributed by atoms with Gasteiger partial charge in [-0.1, -0.05) is 30.0 Å². The Kier molecular flexibility index (Phi) is 4.80. The van der Waals surface area contributed by atoms with Gasteiger partial charge in [0.15, 0.2) is 0 Å². The first-order valence-electron chi connectivity index (χ1n) is 6.98. The van der Waals surface area contributed by atoms with Crippen LogP contribution in [0.25, 0.3) is 0 Å². The molecule has 3 rings (SSSR count). The Morgan fingerprint density at radius 2 is 2.00 bits per heavy atom. The molecular weight excluding hydrogens is 292 g/mol. The molecule has 2 fully saturated rings. The molecule has 1 aromatic rings. The quantitative estimate of drug-likeness (QED) is 0.798. The van der Waals surface area contributed by atoms with Gasteiger partial charge < -0.3 is 18.9 Å². The number of rotatable bonds is 3. The zero-order valence-electron chi connectivity index (χ0n) is 11.8. The van der Waals surface area contributed by atoms with Crippen LogP contribution in [0.15, 0.2) is 35.2 Å². The lowest BCUT2D eigenvalue weighted by Gasteiger charge is -2.41. The summed E-state index contributed by atoms with van der Waals surface area (Å²) in [4.78, 5) is 12.1. The second kappa shape index (κ2) is 6.79. The molecule has 5 nitrogen and oxygen atoms in total. The van der Waals surface area contributed by atoms with Crippen molar-refractivity contribution in [1.82, 2.24) is 0 Å². The van der Waals surface area contributed by atoms with Crippen LogP contribution in [-0.2, 0) is 23.7 Å². The topological polar surface area (TPSA) is 54.0 Å². The van der Waals surface area contributed by atoms with Gasteiger partial charge >= 0.3 is 5.97 Å². The molecule has 6 heteroatoms. The Bertz CT molecular complexity index is 480. The number of hydrogen-bond acceptors (Lipinski definition) is 6. The van der Waals surface area contributed by atoms with Gasteiger partial charge in [-0.25, -0.2) is 0 Å². The van der Waals surface area contributed by atoms with Crippen LogP contribution in [0.4, 0.5) is 0 Å². The molecule has 2 aliphatic rings. The number of hydrogen-bond donors (Lipinski definition) is 0. The number of fused-ring (bicyclic) bond motifs is 1. The number of thioether (sulfide) groups is 1. The van der Waals surface area contributed by atoms with Gasteiger partial charge in [0, 0.05) is 18.2 Å². The van der Waals surface area contributed by atoms with E-state index in [4.69, 9.17) is 18.9 Å². The highest BCUT2D eigenvalue weighted by atomic mass is 32.2. The van der Waals surface area contributed by atoms with E-state index in [0.29, 0.717) is 19.6 Å². The van der Waals surface area contributed by atoms with Gasteiger partial charge in [-0.15, -0.1) is 0 Å². The molecule has 114 valence electrons. The van der Waals surface area contributed by atoms with E-state index in [-0.39, 0.29) is 29.9 Å². The van der Waals surface area contributed by atoms with Gasteiger partial charge in [0.05, 0.1) is 19.3 Å². The Morgan fingerprint density at radius 1 is 1.19 bits per heavy atom. The van der Waals surface area contributed by atoms with Crippen molar-refractivity contribution in [2.75, 3.05) is 13.2 Å². The molecule has 0 amide bonds. The van der Waals surface area contributed by atoms with Crippen molar-refractivity contribution in [2.45, 2.75) is 42.2 Å². The van der Waals surface area contributed by atoms with Crippen molar-refractivity contribution in [3.05, 3.63) is 30.3 Å². The number of ether oxygens (including phenoxy) is 4. The lowest BCUT2D eigenvalue weighted by molar-refractivity contribution is -0.256. The number of esters is 1. The molecule has 0 radical (unpaired) electrons. The lowest BCUT2D eigenvalue weighted by Crippen LogP contribution is -2.51. The molecule has 1 aromatic carbocycles. The maximum Gasteiger partial charge on any atom is 0.302 e. The van der Waals surface area contributed by atoms with Crippen LogP contribution in [0.2, 0.25) is 0 Å². The lowest BCUT2D eigenvalue weighted by atomic mass is 10.0. The Labute approximate surface area is 127 Å². The minimum Gasteiger partial charge on any atom is -0.460 e. The third-order valence-corrected chi connectivity index (χ3v) is 4.38. The van der Waals surface area contributed by atoms with E-state index in [0.717, 1.165) is 4.90 Å². The fourth-order valence-corrected chi connectivity index (χ4v) is 3.34. The first kappa shape index (κ1) is 14.8. The third-order valence-electron chi connectivity index (χ3n) is 3.40. The van der Waals surface area contributed by atoms with Gasteiger partial charge in [0.2, 0.25) is 5.62 Å². The molecule has 2 heterocycles. The summed E-state index contributed by atoms with van der Waals surface area (Å²) in [7, 11) is 0. The third kappa shape index (κ3) is 3.97. The summed E-state index contributed by atoms with van der Waals surface area (Å²) in [6.45, 7) is 2.32. The fraction of sp³-hybridized carbons (Fsp3) is 0.533. The summed E-state index contributed by atoms with van der Waals surface area (Å²) in [6.07, 6.45) is 0.242. The molecule has 0 bridgehead atoms. The van der Waals surface area contributed by atoms with Crippen molar-refractivity contribution in [2.24, 2.45) is 0 Å². The fourth-order valence-electron chi connectivity index (χ4n) is 2.46. The number of carbonyl (C=O) groups is 1. The molecule has 0 aliphatic carbocycles. The Morgan fingerprint density at radius 3 is 2.76 bits per heavy atom. The number of carbonyl (C=O) groups excluding carboxylic acids is 1. The van der Waals surface area contributed by atoms with Crippen molar-refractivity contribution in [3.63, 3.8) is 0 Å². The average Bonchev–Trinajstić information content (AvgIpc) is 2.47. The van der Waals surface area contributed by atoms with Crippen LogP contribution in [0.3, 0.4) is 0 Å². The molecule has 4 unspecified atom stereocenters. The van der Waals surface area contributed by atoms with Crippen molar-refractivity contribution < 1.29 is 23.7 Å². The molecular formula is C15H18O5S. The van der Waals surface area contributed by atoms with E-state index >= 15 is 0 Å². The average molecular weight is 310 g/mol. The van der Waals surface area contributed by atoms with E-state index in [2.05, 4.69) is 0 Å². The summed E-state index contributed by atoms with van der Waals surface area (Å²) in [5, 5.41) is 0. The molecule has 0 spiro atoms. The smallest absolute Gasteiger partial charge is 0.302 e. The molecule has 21 heavy (non-hydrogen) atoms. The van der Waals surface area contributed by atoms with Crippen LogP contribution in [-0.4, -0.2) is 43.1 Å². The van der Waals surface area contributed by atoms with Gasteiger partial charge in [-0.3, -0.25) is 4.79 Å². The van der Waals surface area contributed by atoms with Crippen molar-refractivity contribution >= 4 is 17.7 Å². The summed E-state index contributed by atoms with van der Waals surface area (Å²) in [5.41, 5.74) is -0.353. The van der Waals surface area contributed by atoms with Crippen molar-refractivity contribution in [1.29, 1.82) is 0 Å². The monoisotopic (exact) mass is 310 g/mol. The van der Waals surface area contributed by atoms with E-state index in [1.807, 2.05) is 30.3 Å². The highest BCUT2D eigenvalue weighted by Gasteiger charge is 2.39. The second-order valence-corrected chi connectivity index (χ2v) is 6.16. The minimum atomic E-state index is -0.353. The second-order valence-electron chi connectivity index (χ2n) is 5.07. The highest BCUT2D eigenvalue weighted by Crippen LogP contribution is 2.33. The zero-order valence-corrected chi connectivity index (χ0v) is 12.6. The summed E-state index contributed by atoms with van der Waals surface area (Å²) in [5.74, 6) is -0.288. The van der Waals surface area contributed by atoms with Gasteiger partial charge in [-0.2, -0.15) is 0 Å². The summed E-state index contributed by atoms with van der Waals surface area (Å²) >= 11 is 1.53. The van der Waals surface area contributed by atoms with Crippen LogP contribution in [0.5, 0.6) is 0 Å². The summed E-state index contributed by atoms with van der Waals surface area (Å²) in [6, 6.07) is 9.97. The van der Waals surface area contributed by atoms with Gasteiger partial charge in [-0.05, 0) is 12.1 Å². The zero-order chi connectivity index (χ0) is 14.7. The normalized spacial score (nSPS) is 32.2. The Balaban J connectivity index is 1.56. The predicted octanol–water partition coefficient (Wildman–Crippen LogP) is 2.20. The first-order valence-corrected chi connectivity index (χ1v) is 7.86. The SMILES string of the molecule is CC(=O)OC1COC2COC(Sc3ccccc3)OC2C1. The van der Waals surface area contributed by atoms with Crippen LogP contribution in [0.1, 0.15) is 13.3 Å². The standard InChI is InChI=1S/C15H18O5S/c1-10(16)19-11-7-13-14(17-8-11)9-18-15(20-13)21-12-5-3-2-4-6-12/h2-6,11,13-15H,7-9H2,1H3. The molecule has 2 saturated heterocycles. The van der Waals surface area contributed by atoms with Gasteiger partial charge in [0.1, 0.15) is 12.2 Å². The molecule has 0 saturated carbocycles. The molecule has 2 aliphatic heterocycles. The highest BCUT2D eigenvalue weighted by molar-refractivity contribution is 7.99. The Hall–Kier alpha value is -1.08. The number of benzene rings is 1. The largest absolute Gasteiger partial charge is 0.460 e. The maximum absolute atomic E-state index is 11.0.